The second-order valence-electron chi connectivity index (χ2n) is 11.2. The number of benzene rings is 1. The zero-order chi connectivity index (χ0) is 28.3. The third-order valence-electron chi connectivity index (χ3n) is 7.63. The molecule has 1 aromatic carbocycles. The van der Waals surface area contributed by atoms with Gasteiger partial charge in [-0.1, -0.05) is 19.9 Å². The molecule has 5 rings (SSSR count). The van der Waals surface area contributed by atoms with Crippen molar-refractivity contribution in [3.8, 4) is 0 Å². The lowest BCUT2D eigenvalue weighted by Gasteiger charge is -2.41. The number of methoxy groups -OCH3 is 1. The third-order valence-corrected chi connectivity index (χ3v) is 8.71. The van der Waals surface area contributed by atoms with Gasteiger partial charge in [0.2, 0.25) is 5.95 Å². The van der Waals surface area contributed by atoms with Crippen LogP contribution in [0.1, 0.15) is 38.2 Å². The molecule has 0 saturated carbocycles. The lowest BCUT2D eigenvalue weighted by atomic mass is 9.93. The van der Waals surface area contributed by atoms with Crippen LogP contribution in [0.5, 0.6) is 0 Å². The number of nitrogens with zero attached hydrogens (tertiary/aromatic N) is 5. The second-order valence-corrected chi connectivity index (χ2v) is 13.4. The molecule has 0 bridgehead atoms. The maximum atomic E-state index is 11.7. The minimum absolute atomic E-state index is 0.171. The van der Waals surface area contributed by atoms with E-state index in [-0.39, 0.29) is 17.8 Å². The van der Waals surface area contributed by atoms with Crippen LogP contribution < -0.4 is 15.1 Å². The van der Waals surface area contributed by atoms with Crippen molar-refractivity contribution in [1.29, 1.82) is 0 Å². The Labute approximate surface area is 237 Å². The number of anilines is 4. The molecule has 0 unspecified atom stereocenters. The summed E-state index contributed by atoms with van der Waals surface area (Å²) in [5.74, 6) is 2.87. The average molecular weight is 569 g/mol. The fraction of sp³-hybridized carbons (Fsp3) is 0.552. The Balaban J connectivity index is 1.30. The zero-order valence-electron chi connectivity index (χ0n) is 23.8. The number of nitrogens with one attached hydrogen (secondary N) is 1. The number of pyridine rings is 1. The molecule has 3 aromatic rings. The first-order valence-electron chi connectivity index (χ1n) is 14.0. The van der Waals surface area contributed by atoms with Crippen LogP contribution in [0.15, 0.2) is 36.7 Å². The lowest BCUT2D eigenvalue weighted by Crippen LogP contribution is -2.49. The van der Waals surface area contributed by atoms with Crippen molar-refractivity contribution in [2.24, 2.45) is 5.92 Å². The summed E-state index contributed by atoms with van der Waals surface area (Å²) in [6.45, 7) is 8.79. The third kappa shape index (κ3) is 6.82. The van der Waals surface area contributed by atoms with E-state index in [0.29, 0.717) is 30.9 Å². The molecule has 216 valence electrons. The largest absolute Gasteiger partial charge is 0.382 e. The molecule has 0 spiro atoms. The van der Waals surface area contributed by atoms with E-state index in [1.165, 1.54) is 11.8 Å². The molecule has 2 fully saturated rings. The smallest absolute Gasteiger partial charge is 0.227 e. The van der Waals surface area contributed by atoms with E-state index in [9.17, 15) is 8.42 Å². The normalized spacial score (nSPS) is 17.0. The second kappa shape index (κ2) is 12.2. The van der Waals surface area contributed by atoms with Crippen molar-refractivity contribution < 1.29 is 17.9 Å². The molecule has 40 heavy (non-hydrogen) atoms. The van der Waals surface area contributed by atoms with Crippen molar-refractivity contribution in [3.63, 3.8) is 0 Å². The standard InChI is InChI=1S/C29H40N6O4S/c1-20(2)23-5-6-26(35-17-21(18-35)19-40(4,36)37)25-16-31-28(15-24(23)25)32-27-7-10-30-29(33-27)34-11-8-22(9-12-34)39-14-13-38-3/h5-7,10,15-16,20-22H,8-9,11-14,17-19H2,1-4H3,(H,30,31,32,33). The summed E-state index contributed by atoms with van der Waals surface area (Å²) in [7, 11) is -1.29. The van der Waals surface area contributed by atoms with Crippen LogP contribution in [0.25, 0.3) is 10.8 Å². The zero-order valence-corrected chi connectivity index (χ0v) is 24.7. The first-order valence-corrected chi connectivity index (χ1v) is 16.1. The van der Waals surface area contributed by atoms with Crippen molar-refractivity contribution in [2.75, 3.05) is 73.6 Å². The van der Waals surface area contributed by atoms with Crippen molar-refractivity contribution in [2.45, 2.75) is 38.7 Å². The molecule has 0 radical (unpaired) electrons. The summed E-state index contributed by atoms with van der Waals surface area (Å²) >= 11 is 0. The molecular formula is C29H40N6O4S. The minimum atomic E-state index is -2.97. The summed E-state index contributed by atoms with van der Waals surface area (Å²) in [4.78, 5) is 18.5. The predicted molar refractivity (Wildman–Crippen MR) is 160 cm³/mol. The van der Waals surface area contributed by atoms with Crippen LogP contribution in [-0.2, 0) is 19.3 Å². The van der Waals surface area contributed by atoms with Gasteiger partial charge in [-0.25, -0.2) is 18.4 Å². The molecule has 0 aliphatic carbocycles. The number of hydrogen-bond acceptors (Lipinski definition) is 10. The average Bonchev–Trinajstić information content (AvgIpc) is 2.90. The van der Waals surface area contributed by atoms with Gasteiger partial charge in [0.05, 0.1) is 25.1 Å². The Morgan fingerprint density at radius 1 is 1.02 bits per heavy atom. The van der Waals surface area contributed by atoms with Gasteiger partial charge in [-0.05, 0) is 47.9 Å². The van der Waals surface area contributed by atoms with E-state index in [0.717, 1.165) is 61.3 Å². The van der Waals surface area contributed by atoms with E-state index in [1.54, 1.807) is 13.3 Å². The van der Waals surface area contributed by atoms with Crippen LogP contribution in [0.2, 0.25) is 0 Å². The van der Waals surface area contributed by atoms with Crippen LogP contribution in [0.3, 0.4) is 0 Å². The van der Waals surface area contributed by atoms with Crippen molar-refractivity contribution in [3.05, 3.63) is 42.2 Å². The molecule has 4 heterocycles. The topological polar surface area (TPSA) is 110 Å². The molecule has 2 aliphatic heterocycles. The van der Waals surface area contributed by atoms with Crippen LogP contribution in [0.4, 0.5) is 23.3 Å². The fourth-order valence-corrected chi connectivity index (χ4v) is 6.68. The molecule has 0 amide bonds. The number of piperidine rings is 1. The van der Waals surface area contributed by atoms with Gasteiger partial charge in [-0.15, -0.1) is 0 Å². The van der Waals surface area contributed by atoms with E-state index < -0.39 is 9.84 Å². The monoisotopic (exact) mass is 568 g/mol. The van der Waals surface area contributed by atoms with Crippen molar-refractivity contribution >= 4 is 43.9 Å². The number of fused-ring (bicyclic) bond motifs is 1. The number of sulfone groups is 1. The number of rotatable bonds is 11. The lowest BCUT2D eigenvalue weighted by molar-refractivity contribution is 0.00598. The maximum absolute atomic E-state index is 11.7. The van der Waals surface area contributed by atoms with Gasteiger partial charge in [0.15, 0.2) is 0 Å². The van der Waals surface area contributed by atoms with Gasteiger partial charge in [-0.2, -0.15) is 4.98 Å². The highest BCUT2D eigenvalue weighted by atomic mass is 32.2. The first kappa shape index (κ1) is 28.5. The van der Waals surface area contributed by atoms with Gasteiger partial charge in [-0.3, -0.25) is 0 Å². The Morgan fingerprint density at radius 2 is 1.80 bits per heavy atom. The number of aromatic nitrogens is 3. The van der Waals surface area contributed by atoms with Gasteiger partial charge in [0, 0.05) is 68.9 Å². The Bertz CT molecular complexity index is 1420. The first-order chi connectivity index (χ1) is 19.2. The summed E-state index contributed by atoms with van der Waals surface area (Å²) in [6.07, 6.45) is 7.12. The molecule has 2 aliphatic rings. The van der Waals surface area contributed by atoms with Crippen LogP contribution >= 0.6 is 0 Å². The van der Waals surface area contributed by atoms with E-state index in [1.807, 2.05) is 12.3 Å². The van der Waals surface area contributed by atoms with Crippen molar-refractivity contribution in [1.82, 2.24) is 15.0 Å². The van der Waals surface area contributed by atoms with E-state index in [4.69, 9.17) is 19.4 Å². The molecule has 0 atom stereocenters. The predicted octanol–water partition coefficient (Wildman–Crippen LogP) is 4.00. The summed E-state index contributed by atoms with van der Waals surface area (Å²) in [5, 5.41) is 5.60. The molecule has 2 aromatic heterocycles. The molecule has 10 nitrogen and oxygen atoms in total. The van der Waals surface area contributed by atoms with Gasteiger partial charge in [0.1, 0.15) is 21.5 Å². The minimum Gasteiger partial charge on any atom is -0.382 e. The SMILES string of the molecule is COCCOC1CCN(c2nccc(Nc3cc4c(C(C)C)ccc(N5CC(CS(C)(=O)=O)C5)c4cn3)n2)CC1. The molecule has 1 N–H and O–H groups in total. The molecular weight excluding hydrogens is 528 g/mol. The molecule has 2 saturated heterocycles. The Hall–Kier alpha value is -3.02. The Kier molecular flexibility index (Phi) is 8.72. The highest BCUT2D eigenvalue weighted by molar-refractivity contribution is 7.90. The summed E-state index contributed by atoms with van der Waals surface area (Å²) in [5.41, 5.74) is 2.35. The van der Waals surface area contributed by atoms with E-state index >= 15 is 0 Å². The Morgan fingerprint density at radius 3 is 2.50 bits per heavy atom. The van der Waals surface area contributed by atoms with Gasteiger partial charge < -0.3 is 24.6 Å². The van der Waals surface area contributed by atoms with Crippen LogP contribution in [-0.4, -0.2) is 88.0 Å². The highest BCUT2D eigenvalue weighted by Crippen LogP contribution is 2.37. The number of ether oxygens (including phenoxy) is 2. The highest BCUT2D eigenvalue weighted by Gasteiger charge is 2.31. The fourth-order valence-electron chi connectivity index (χ4n) is 5.62. The maximum Gasteiger partial charge on any atom is 0.227 e. The van der Waals surface area contributed by atoms with Crippen LogP contribution in [0, 0.1) is 5.92 Å². The number of hydrogen-bond donors (Lipinski definition) is 1. The van der Waals surface area contributed by atoms with E-state index in [2.05, 4.69) is 52.1 Å². The van der Waals surface area contributed by atoms with Gasteiger partial charge >= 0.3 is 0 Å². The van der Waals surface area contributed by atoms with Gasteiger partial charge in [0.25, 0.3) is 0 Å². The summed E-state index contributed by atoms with van der Waals surface area (Å²) < 4.78 is 34.4. The summed E-state index contributed by atoms with van der Waals surface area (Å²) in [6, 6.07) is 8.28. The molecule has 11 heteroatoms. The quantitative estimate of drug-likeness (QED) is 0.341.